The van der Waals surface area contributed by atoms with E-state index in [4.69, 9.17) is 9.47 Å². The highest BCUT2D eigenvalue weighted by Gasteiger charge is 2.39. The molecule has 1 N–H and O–H groups in total. The Morgan fingerprint density at radius 3 is 2.51 bits per heavy atom. The number of alkyl halides is 3. The molecule has 0 bridgehead atoms. The van der Waals surface area contributed by atoms with Crippen LogP contribution in [0.25, 0.3) is 16.6 Å². The van der Waals surface area contributed by atoms with Crippen molar-refractivity contribution in [3.8, 4) is 23.3 Å². The summed E-state index contributed by atoms with van der Waals surface area (Å²) in [5, 5.41) is 19.9. The van der Waals surface area contributed by atoms with Gasteiger partial charge in [0.15, 0.2) is 23.6 Å². The number of hydrogen-bond acceptors (Lipinski definition) is 8. The van der Waals surface area contributed by atoms with Crippen molar-refractivity contribution in [3.05, 3.63) is 57.9 Å². The third-order valence-corrected chi connectivity index (χ3v) is 5.36. The minimum Gasteiger partial charge on any atom is -0.464 e. The molecule has 3 aromatic heterocycles. The van der Waals surface area contributed by atoms with Crippen molar-refractivity contribution in [2.24, 2.45) is 0 Å². The lowest BCUT2D eigenvalue weighted by Crippen LogP contribution is -2.32. The Kier molecular flexibility index (Phi) is 6.82. The van der Waals surface area contributed by atoms with Crippen LogP contribution in [-0.2, 0) is 13.2 Å². The smallest absolute Gasteiger partial charge is 0.425 e. The number of aliphatic hydroxyl groups excluding tert-OH is 1. The molecule has 3 heterocycles. The molecule has 0 saturated heterocycles. The maximum absolute atomic E-state index is 15.7. The van der Waals surface area contributed by atoms with Crippen LogP contribution < -0.4 is 15.2 Å². The average Bonchev–Trinajstić information content (AvgIpc) is 3.17. The largest absolute Gasteiger partial charge is 0.464 e. The molecule has 4 rings (SSSR count). The summed E-state index contributed by atoms with van der Waals surface area (Å²) in [6.07, 6.45) is -6.35. The number of aliphatic hydroxyl groups is 1. The molecule has 4 aromatic rings. The normalized spacial score (nSPS) is 12.7. The Hall–Kier alpha value is -4.14. The second-order valence-electron chi connectivity index (χ2n) is 7.82. The van der Waals surface area contributed by atoms with Gasteiger partial charge >= 0.3 is 11.9 Å². The van der Waals surface area contributed by atoms with E-state index in [2.05, 4.69) is 20.3 Å². The molecule has 1 aromatic carbocycles. The predicted molar refractivity (Wildman–Crippen MR) is 118 cm³/mol. The molecule has 0 unspecified atom stereocenters. The summed E-state index contributed by atoms with van der Waals surface area (Å²) < 4.78 is 81.5. The monoisotopic (exact) mass is 526 g/mol. The lowest BCUT2D eigenvalue weighted by molar-refractivity contribution is -0.189. The molecule has 15 heteroatoms. The molecular formula is C22H19F5N6O4. The Morgan fingerprint density at radius 1 is 1.19 bits per heavy atom. The fourth-order valence-corrected chi connectivity index (χ4v) is 3.44. The molecular weight excluding hydrogens is 507 g/mol. The van der Waals surface area contributed by atoms with Crippen LogP contribution in [0.5, 0.6) is 17.5 Å². The van der Waals surface area contributed by atoms with E-state index in [0.717, 1.165) is 22.9 Å². The number of hydrogen-bond donors (Lipinski definition) is 1. The van der Waals surface area contributed by atoms with E-state index >= 15 is 4.39 Å². The Labute approximate surface area is 204 Å². The first-order valence-electron chi connectivity index (χ1n) is 10.8. The number of aromatic nitrogens is 6. The topological polar surface area (TPSA) is 117 Å². The molecule has 1 atom stereocenters. The molecule has 0 fully saturated rings. The van der Waals surface area contributed by atoms with Crippen molar-refractivity contribution in [3.63, 3.8) is 0 Å². The fourth-order valence-electron chi connectivity index (χ4n) is 3.44. The van der Waals surface area contributed by atoms with Gasteiger partial charge in [0.1, 0.15) is 23.6 Å². The minimum atomic E-state index is -4.83. The number of benzene rings is 1. The number of fused-ring (bicyclic) bond motifs is 1. The standard InChI is InChI=1S/C22H19F5N6O4/c1-4-32-15(9-34)31-33(21(32)35)18-17(24)13-8-28-30-20(37-14-6-5-12(23)7-10(14)2)16(13)19(29-18)36-11(3)22(25,26)27/h5-8,11,34H,4,9H2,1-3H3/t11-/m0/s1. The summed E-state index contributed by atoms with van der Waals surface area (Å²) in [5.74, 6) is -3.85. The molecule has 0 aliphatic carbocycles. The van der Waals surface area contributed by atoms with Crippen LogP contribution in [0.4, 0.5) is 22.0 Å². The van der Waals surface area contributed by atoms with Crippen LogP contribution in [0.1, 0.15) is 25.2 Å². The van der Waals surface area contributed by atoms with Crippen molar-refractivity contribution >= 4 is 10.8 Å². The second kappa shape index (κ2) is 9.72. The molecule has 0 radical (unpaired) electrons. The average molecular weight is 526 g/mol. The zero-order valence-electron chi connectivity index (χ0n) is 19.5. The third kappa shape index (κ3) is 4.81. The third-order valence-electron chi connectivity index (χ3n) is 5.36. The molecule has 0 aliphatic rings. The molecule has 0 amide bonds. The Morgan fingerprint density at radius 2 is 1.92 bits per heavy atom. The van der Waals surface area contributed by atoms with Gasteiger partial charge in [0.2, 0.25) is 5.88 Å². The van der Waals surface area contributed by atoms with Crippen LogP contribution in [0.15, 0.2) is 29.2 Å². The lowest BCUT2D eigenvalue weighted by atomic mass is 10.2. The van der Waals surface area contributed by atoms with Gasteiger partial charge in [-0.2, -0.15) is 27.9 Å². The number of aryl methyl sites for hydroxylation is 1. The quantitative estimate of drug-likeness (QED) is 0.363. The van der Waals surface area contributed by atoms with Crippen molar-refractivity contribution in [1.29, 1.82) is 0 Å². The van der Waals surface area contributed by atoms with E-state index in [-0.39, 0.29) is 18.1 Å². The van der Waals surface area contributed by atoms with Gasteiger partial charge in [-0.1, -0.05) is 0 Å². The van der Waals surface area contributed by atoms with E-state index < -0.39 is 64.6 Å². The molecule has 0 aliphatic heterocycles. The van der Waals surface area contributed by atoms with E-state index in [1.165, 1.54) is 13.0 Å². The number of rotatable bonds is 7. The van der Waals surface area contributed by atoms with E-state index in [9.17, 15) is 27.5 Å². The summed E-state index contributed by atoms with van der Waals surface area (Å²) in [6.45, 7) is 3.19. The first-order chi connectivity index (χ1) is 17.5. The highest BCUT2D eigenvalue weighted by Crippen LogP contribution is 2.38. The summed E-state index contributed by atoms with van der Waals surface area (Å²) in [7, 11) is 0. The summed E-state index contributed by atoms with van der Waals surface area (Å²) in [4.78, 5) is 16.6. The highest BCUT2D eigenvalue weighted by atomic mass is 19.4. The van der Waals surface area contributed by atoms with Gasteiger partial charge in [-0.15, -0.1) is 10.2 Å². The maximum atomic E-state index is 15.7. The second-order valence-corrected chi connectivity index (χ2v) is 7.82. The van der Waals surface area contributed by atoms with Crippen molar-refractivity contribution < 1.29 is 36.5 Å². The zero-order chi connectivity index (χ0) is 27.1. The molecule has 0 saturated carbocycles. The van der Waals surface area contributed by atoms with E-state index in [0.29, 0.717) is 17.2 Å². The van der Waals surface area contributed by atoms with Gasteiger partial charge in [-0.3, -0.25) is 4.57 Å². The highest BCUT2D eigenvalue weighted by molar-refractivity contribution is 5.92. The zero-order valence-corrected chi connectivity index (χ0v) is 19.5. The molecule has 196 valence electrons. The van der Waals surface area contributed by atoms with Gasteiger partial charge < -0.3 is 14.6 Å². The van der Waals surface area contributed by atoms with Crippen LogP contribution >= 0.6 is 0 Å². The van der Waals surface area contributed by atoms with E-state index in [1.54, 1.807) is 6.92 Å². The summed E-state index contributed by atoms with van der Waals surface area (Å²) in [5.41, 5.74) is -0.587. The van der Waals surface area contributed by atoms with Gasteiger partial charge in [0.25, 0.3) is 5.88 Å². The number of halogens is 5. The Balaban J connectivity index is 1.99. The Bertz CT molecular complexity index is 1530. The summed E-state index contributed by atoms with van der Waals surface area (Å²) >= 11 is 0. The summed E-state index contributed by atoms with van der Waals surface area (Å²) in [6, 6.07) is 3.47. The van der Waals surface area contributed by atoms with Gasteiger partial charge in [-0.25, -0.2) is 13.6 Å². The van der Waals surface area contributed by atoms with Crippen LogP contribution in [0.2, 0.25) is 0 Å². The van der Waals surface area contributed by atoms with Crippen molar-refractivity contribution in [1.82, 2.24) is 29.5 Å². The fraction of sp³-hybridized carbons (Fsp3) is 0.318. The van der Waals surface area contributed by atoms with Crippen molar-refractivity contribution in [2.45, 2.75) is 46.2 Å². The van der Waals surface area contributed by atoms with Crippen LogP contribution in [0.3, 0.4) is 0 Å². The van der Waals surface area contributed by atoms with Crippen LogP contribution in [0, 0.1) is 18.6 Å². The molecule has 0 spiro atoms. The first kappa shape index (κ1) is 25.9. The number of ether oxygens (including phenoxy) is 2. The minimum absolute atomic E-state index is 0.0630. The van der Waals surface area contributed by atoms with Gasteiger partial charge in [0.05, 0.1) is 11.6 Å². The predicted octanol–water partition coefficient (Wildman–Crippen LogP) is 3.59. The SMILES string of the molecule is CCn1c(CO)nn(-c2nc(O[C@@H](C)C(F)(F)F)c3c(Oc4ccc(F)cc4C)nncc3c2F)c1=O. The first-order valence-corrected chi connectivity index (χ1v) is 10.8. The molecule has 10 nitrogen and oxygen atoms in total. The van der Waals surface area contributed by atoms with Gasteiger partial charge in [-0.05, 0) is 44.5 Å². The lowest BCUT2D eigenvalue weighted by Gasteiger charge is -2.19. The number of pyridine rings is 1. The van der Waals surface area contributed by atoms with Gasteiger partial charge in [0, 0.05) is 6.54 Å². The van der Waals surface area contributed by atoms with Crippen molar-refractivity contribution in [2.75, 3.05) is 0 Å². The number of nitrogens with zero attached hydrogens (tertiary/aromatic N) is 6. The van der Waals surface area contributed by atoms with E-state index in [1.807, 2.05) is 0 Å². The van der Waals surface area contributed by atoms with Crippen LogP contribution in [-0.4, -0.2) is 46.9 Å². The molecule has 37 heavy (non-hydrogen) atoms. The maximum Gasteiger partial charge on any atom is 0.425 e.